The first-order valence-electron chi connectivity index (χ1n) is 20.2. The van der Waals surface area contributed by atoms with Crippen LogP contribution in [-0.2, 0) is 36.8 Å². The van der Waals surface area contributed by atoms with Gasteiger partial charge in [0.05, 0.1) is 46.0 Å². The smallest absolute Gasteiger partial charge is 0.497 e. The molecule has 7 rings (SSSR count). The van der Waals surface area contributed by atoms with Gasteiger partial charge in [-0.1, -0.05) is 23.2 Å². The first kappa shape index (κ1) is 47.5. The van der Waals surface area contributed by atoms with Crippen LogP contribution in [0.15, 0.2) is 53.5 Å². The van der Waals surface area contributed by atoms with E-state index < -0.39 is 36.2 Å². The second kappa shape index (κ2) is 20.7. The standard InChI is InChI=1S/C40H42Cl2N2O11.C4H11N5/c1-48-25-6-7-26-27-8-9-44-18-22-14-33(37(51-4)34(39(46)52-5)28(22)17-30(44)35(27)43-29(26)16-25)54-38(45)21-12-31(49-2)36(32(13-21)50-3)55-40(47)53-19-20-10-23(41)15-24(42)11-20;1-9(2)4(7)8-3(5)6/h6-7,10-13,15-16,22,28,30,33-34,37,43H,8-9,14,17-19H2,1-5H3;1-2H3,(H5,5,6,7,8)/t22-,28+,30-,33-,34+,37+;/m1./s1. The van der Waals surface area contributed by atoms with Crippen LogP contribution >= 0.6 is 23.2 Å². The minimum absolute atomic E-state index is 0.0179. The molecule has 1 saturated carbocycles. The highest BCUT2D eigenvalue weighted by Gasteiger charge is 2.54. The summed E-state index contributed by atoms with van der Waals surface area (Å²) in [6, 6.07) is 13.7. The van der Waals surface area contributed by atoms with Gasteiger partial charge in [-0.25, -0.2) is 9.59 Å². The number of hydrogen-bond acceptors (Lipinski definition) is 13. The first-order valence-corrected chi connectivity index (χ1v) is 21.0. The van der Waals surface area contributed by atoms with Crippen molar-refractivity contribution < 1.29 is 52.3 Å². The van der Waals surface area contributed by atoms with Gasteiger partial charge in [-0.3, -0.25) is 15.1 Å². The minimum atomic E-state index is -1.05. The lowest BCUT2D eigenvalue weighted by molar-refractivity contribution is -0.176. The Morgan fingerprint density at radius 2 is 1.62 bits per heavy atom. The van der Waals surface area contributed by atoms with E-state index in [1.807, 2.05) is 12.1 Å². The number of hydrogen-bond donors (Lipinski definition) is 4. The maximum atomic E-state index is 13.9. The van der Waals surface area contributed by atoms with E-state index in [0.717, 1.165) is 29.9 Å². The molecule has 64 heavy (non-hydrogen) atoms. The summed E-state index contributed by atoms with van der Waals surface area (Å²) in [5.41, 5.74) is 14.1. The molecule has 344 valence electrons. The summed E-state index contributed by atoms with van der Waals surface area (Å²) in [5.74, 6) is -1.19. The Bertz CT molecular complexity index is 2360. The molecular formula is C44H53Cl2N7O11. The largest absolute Gasteiger partial charge is 0.514 e. The maximum absolute atomic E-state index is 13.9. The number of rotatable bonds is 10. The average molecular weight is 927 g/mol. The van der Waals surface area contributed by atoms with Crippen LogP contribution in [0.4, 0.5) is 4.79 Å². The van der Waals surface area contributed by atoms with Gasteiger partial charge < -0.3 is 59.2 Å². The van der Waals surface area contributed by atoms with E-state index in [0.29, 0.717) is 35.0 Å². The number of benzene rings is 3. The van der Waals surface area contributed by atoms with Gasteiger partial charge >= 0.3 is 18.1 Å². The number of halogens is 2. The quantitative estimate of drug-likeness (QED) is 0.0474. The van der Waals surface area contributed by atoms with Gasteiger partial charge in [-0.05, 0) is 84.7 Å². The second-order valence-corrected chi connectivity index (χ2v) is 16.5. The number of esters is 2. The normalized spacial score (nSPS) is 21.0. The molecule has 4 aromatic rings. The van der Waals surface area contributed by atoms with Gasteiger partial charge in [-0.2, -0.15) is 4.99 Å². The minimum Gasteiger partial charge on any atom is -0.497 e. The van der Waals surface area contributed by atoms with E-state index in [4.69, 9.17) is 78.0 Å². The molecule has 3 heterocycles. The van der Waals surface area contributed by atoms with E-state index in [9.17, 15) is 14.4 Å². The Balaban J connectivity index is 0.000000682. The molecule has 1 aliphatic carbocycles. The highest BCUT2D eigenvalue weighted by Crippen LogP contribution is 2.51. The van der Waals surface area contributed by atoms with Crippen LogP contribution in [-0.4, -0.2) is 120 Å². The number of fused-ring (bicyclic) bond motifs is 6. The molecule has 0 bridgehead atoms. The predicted molar refractivity (Wildman–Crippen MR) is 239 cm³/mol. The van der Waals surface area contributed by atoms with Crippen LogP contribution < -0.4 is 30.4 Å². The topological polar surface area (TPSA) is 236 Å². The highest BCUT2D eigenvalue weighted by molar-refractivity contribution is 6.34. The van der Waals surface area contributed by atoms with Gasteiger partial charge in [-0.15, -0.1) is 0 Å². The zero-order valence-electron chi connectivity index (χ0n) is 36.6. The van der Waals surface area contributed by atoms with Crippen LogP contribution in [0.1, 0.15) is 46.1 Å². The van der Waals surface area contributed by atoms with E-state index in [2.05, 4.69) is 20.9 Å². The number of aromatic nitrogens is 1. The lowest BCUT2D eigenvalue weighted by atomic mass is 9.63. The van der Waals surface area contributed by atoms with Crippen LogP contribution in [0, 0.1) is 23.2 Å². The Morgan fingerprint density at radius 3 is 2.20 bits per heavy atom. The Kier molecular flexibility index (Phi) is 15.4. The first-order chi connectivity index (χ1) is 30.6. The van der Waals surface area contributed by atoms with Crippen molar-refractivity contribution in [2.45, 2.75) is 44.1 Å². The van der Waals surface area contributed by atoms with Crippen LogP contribution in [0.5, 0.6) is 23.0 Å². The van der Waals surface area contributed by atoms with E-state index >= 15 is 0 Å². The molecule has 0 amide bonds. The van der Waals surface area contributed by atoms with Crippen molar-refractivity contribution in [3.05, 3.63) is 81.0 Å². The molecule has 3 aliphatic rings. The number of carbonyl (C=O) groups excluding carboxylic acids is 3. The van der Waals surface area contributed by atoms with Crippen LogP contribution in [0.25, 0.3) is 10.9 Å². The lowest BCUT2D eigenvalue weighted by Crippen LogP contribution is -2.58. The predicted octanol–water partition coefficient (Wildman–Crippen LogP) is 5.94. The van der Waals surface area contributed by atoms with Crippen molar-refractivity contribution in [3.8, 4) is 23.0 Å². The monoisotopic (exact) mass is 925 g/mol. The summed E-state index contributed by atoms with van der Waals surface area (Å²) < 4.78 is 44.7. The third kappa shape index (κ3) is 10.5. The third-order valence-corrected chi connectivity index (χ3v) is 12.1. The molecule has 20 heteroatoms. The van der Waals surface area contributed by atoms with Gasteiger partial charge in [0.2, 0.25) is 11.7 Å². The summed E-state index contributed by atoms with van der Waals surface area (Å²) in [5, 5.41) is 9.00. The number of aromatic amines is 1. The fourth-order valence-electron chi connectivity index (χ4n) is 8.83. The fourth-order valence-corrected chi connectivity index (χ4v) is 9.40. The van der Waals surface area contributed by atoms with E-state index in [1.54, 1.807) is 39.4 Å². The van der Waals surface area contributed by atoms with Gasteiger partial charge in [0.15, 0.2) is 17.5 Å². The Morgan fingerprint density at radius 1 is 0.938 bits per heavy atom. The van der Waals surface area contributed by atoms with E-state index in [-0.39, 0.29) is 59.2 Å². The third-order valence-electron chi connectivity index (χ3n) is 11.7. The Hall–Kier alpha value is -5.95. The molecule has 2 aliphatic heterocycles. The molecule has 0 spiro atoms. The summed E-state index contributed by atoms with van der Waals surface area (Å²) in [6.45, 7) is 1.40. The summed E-state index contributed by atoms with van der Waals surface area (Å²) >= 11 is 12.1. The van der Waals surface area contributed by atoms with Crippen molar-refractivity contribution in [1.82, 2.24) is 14.8 Å². The molecule has 0 unspecified atom stereocenters. The lowest BCUT2D eigenvalue weighted by Gasteiger charge is -2.52. The SMILES string of the molecule is CN(C)C(=N)N=C(N)N.COC(=O)[C@H]1[C@H]2C[C@@H]3c4[nH]c5cc(OC)ccc5c4CCN3C[C@H]2C[C@@H](OC(=O)c2cc(OC)c(OC(=O)OCc3cc(Cl)cc(Cl)c3)c(OC)c2)[C@@H]1OC. The summed E-state index contributed by atoms with van der Waals surface area (Å²) in [7, 11) is 10.6. The fraction of sp³-hybridized carbons (Fsp3) is 0.432. The highest BCUT2D eigenvalue weighted by atomic mass is 35.5. The number of nitrogens with one attached hydrogen (secondary N) is 2. The molecule has 3 aromatic carbocycles. The van der Waals surface area contributed by atoms with Gasteiger partial charge in [0.25, 0.3) is 0 Å². The van der Waals surface area contributed by atoms with Crippen LogP contribution in [0.2, 0.25) is 10.0 Å². The second-order valence-electron chi connectivity index (χ2n) is 15.7. The molecular weight excluding hydrogens is 873 g/mol. The number of carbonyl (C=O) groups is 3. The molecule has 1 aromatic heterocycles. The molecule has 6 N–H and O–H groups in total. The van der Waals surface area contributed by atoms with Crippen molar-refractivity contribution in [3.63, 3.8) is 0 Å². The van der Waals surface area contributed by atoms with Crippen molar-refractivity contribution in [2.24, 2.45) is 34.2 Å². The van der Waals surface area contributed by atoms with Crippen LogP contribution in [0.3, 0.4) is 0 Å². The number of ether oxygens (including phenoxy) is 8. The van der Waals surface area contributed by atoms with E-state index in [1.165, 1.54) is 56.4 Å². The van der Waals surface area contributed by atoms with Gasteiger partial charge in [0, 0.05) is 67.0 Å². The molecule has 18 nitrogen and oxygen atoms in total. The number of aliphatic imine (C=N–C) groups is 1. The van der Waals surface area contributed by atoms with Crippen molar-refractivity contribution in [2.75, 3.05) is 62.7 Å². The number of nitrogens with two attached hydrogens (primary N) is 2. The summed E-state index contributed by atoms with van der Waals surface area (Å²) in [6.07, 6.45) is -0.541. The maximum Gasteiger partial charge on any atom is 0.514 e. The van der Waals surface area contributed by atoms with Crippen molar-refractivity contribution in [1.29, 1.82) is 5.41 Å². The zero-order valence-corrected chi connectivity index (χ0v) is 38.1. The summed E-state index contributed by atoms with van der Waals surface area (Å²) in [4.78, 5) is 51.3. The molecule has 2 fully saturated rings. The molecule has 6 atom stereocenters. The number of methoxy groups -OCH3 is 5. The molecule has 0 radical (unpaired) electrons. The molecule has 1 saturated heterocycles. The average Bonchev–Trinajstić information content (AvgIpc) is 3.65. The zero-order chi connectivity index (χ0) is 46.4. The Labute approximate surface area is 380 Å². The number of nitrogens with zero attached hydrogens (tertiary/aromatic N) is 3. The number of guanidine groups is 2. The van der Waals surface area contributed by atoms with Gasteiger partial charge in [0.1, 0.15) is 24.6 Å². The number of H-pyrrole nitrogens is 1. The number of piperidine rings is 1. The van der Waals surface area contributed by atoms with Crippen molar-refractivity contribution >= 4 is 64.1 Å².